The maximum Gasteiger partial charge on any atom is 0.469 e. The molecule has 16 heteroatoms. The number of halogens is 2. The Kier molecular flexibility index (Phi) is 11.6. The molecule has 2 amide bonds. The molecule has 41 heavy (non-hydrogen) atoms. The molecule has 2 aromatic carbocycles. The number of nitrogens with zero attached hydrogens (tertiary/aromatic N) is 2. The Labute approximate surface area is 233 Å². The zero-order chi connectivity index (χ0) is 30.0. The van der Waals surface area contributed by atoms with E-state index in [0.717, 1.165) is 21.8 Å². The highest BCUT2D eigenvalue weighted by Crippen LogP contribution is 2.35. The first kappa shape index (κ1) is 32.0. The minimum atomic E-state index is -4.82. The van der Waals surface area contributed by atoms with Gasteiger partial charge in [0.05, 0.1) is 19.8 Å². The number of ether oxygens (including phenoxy) is 2. The summed E-state index contributed by atoms with van der Waals surface area (Å²) in [5.74, 6) is -2.57. The number of aliphatic hydroxyl groups excluding tert-OH is 1. The minimum absolute atomic E-state index is 0.0815. The number of hydrogen-bond acceptors (Lipinski definition) is 9. The van der Waals surface area contributed by atoms with Crippen molar-refractivity contribution in [3.8, 4) is 0 Å². The van der Waals surface area contributed by atoms with Gasteiger partial charge in [0.1, 0.15) is 24.6 Å². The summed E-state index contributed by atoms with van der Waals surface area (Å²) in [6.07, 6.45) is -0.783. The molecule has 5 N–H and O–H groups in total. The summed E-state index contributed by atoms with van der Waals surface area (Å²) in [4.78, 5) is 46.6. The number of carbonyl (C=O) groups is 2. The zero-order valence-electron chi connectivity index (χ0n) is 21.8. The van der Waals surface area contributed by atoms with Gasteiger partial charge in [0.25, 0.3) is 0 Å². The van der Waals surface area contributed by atoms with E-state index in [1.165, 1.54) is 19.1 Å². The maximum atomic E-state index is 14.1. The Hall–Kier alpha value is -3.56. The van der Waals surface area contributed by atoms with E-state index in [2.05, 4.69) is 20.3 Å². The molecule has 0 saturated heterocycles. The van der Waals surface area contributed by atoms with E-state index in [0.29, 0.717) is 0 Å². The van der Waals surface area contributed by atoms with Gasteiger partial charge in [0.15, 0.2) is 11.6 Å². The number of nitrogens with one attached hydrogen (secondary N) is 2. The standard InChI is InChI=1S/C25H29F2N4O9P/c1-16(32)31(29-11-19-7-4-8-22(26)24(19)27)20(12-38-14-21(33)15-40-41(35,36)37)13-39-25(34)30-23-9-17-5-2-3-6-18(17)10-28-23/h2-10,20-21,29,33H,11-15H2,1H3,(H,28,30,34)(H2,35,36,37)/t20-,21-/m0/s1. The van der Waals surface area contributed by atoms with Gasteiger partial charge in [0.2, 0.25) is 5.91 Å². The summed E-state index contributed by atoms with van der Waals surface area (Å²) >= 11 is 0. The molecule has 0 aliphatic heterocycles. The zero-order valence-corrected chi connectivity index (χ0v) is 22.7. The van der Waals surface area contributed by atoms with E-state index in [-0.39, 0.29) is 24.5 Å². The predicted octanol–water partition coefficient (Wildman–Crippen LogP) is 2.47. The van der Waals surface area contributed by atoms with Gasteiger partial charge in [-0.25, -0.2) is 28.6 Å². The van der Waals surface area contributed by atoms with Crippen molar-refractivity contribution in [1.82, 2.24) is 15.4 Å². The van der Waals surface area contributed by atoms with Crippen molar-refractivity contribution < 1.29 is 51.8 Å². The molecule has 0 fully saturated rings. The number of fused-ring (bicyclic) bond motifs is 1. The molecule has 13 nitrogen and oxygen atoms in total. The van der Waals surface area contributed by atoms with E-state index in [9.17, 15) is 28.0 Å². The number of carbonyl (C=O) groups excluding carboxylic acids is 2. The lowest BCUT2D eigenvalue weighted by molar-refractivity contribution is -0.139. The van der Waals surface area contributed by atoms with Crippen molar-refractivity contribution in [3.05, 3.63) is 71.9 Å². The van der Waals surface area contributed by atoms with Crippen LogP contribution < -0.4 is 10.7 Å². The van der Waals surface area contributed by atoms with E-state index < -0.39 is 63.4 Å². The second-order valence-corrected chi connectivity index (χ2v) is 9.95. The molecule has 0 aliphatic carbocycles. The number of aliphatic hydroxyl groups is 1. The third-order valence-corrected chi connectivity index (χ3v) is 5.98. The molecular weight excluding hydrogens is 569 g/mol. The average molecular weight is 598 g/mol. The lowest BCUT2D eigenvalue weighted by atomic mass is 10.2. The van der Waals surface area contributed by atoms with Crippen LogP contribution in [0, 0.1) is 11.6 Å². The Morgan fingerprint density at radius 2 is 1.78 bits per heavy atom. The molecule has 0 bridgehead atoms. The second kappa shape index (κ2) is 14.9. The van der Waals surface area contributed by atoms with Crippen molar-refractivity contribution in [2.24, 2.45) is 0 Å². The Balaban J connectivity index is 1.66. The number of benzene rings is 2. The molecule has 222 valence electrons. The van der Waals surface area contributed by atoms with Crippen LogP contribution >= 0.6 is 7.82 Å². The van der Waals surface area contributed by atoms with Crippen molar-refractivity contribution in [3.63, 3.8) is 0 Å². The normalized spacial score (nSPS) is 13.0. The Morgan fingerprint density at radius 1 is 1.05 bits per heavy atom. The van der Waals surface area contributed by atoms with E-state index >= 15 is 0 Å². The summed E-state index contributed by atoms with van der Waals surface area (Å²) in [7, 11) is -4.82. The molecule has 0 spiro atoms. The first-order valence-electron chi connectivity index (χ1n) is 12.1. The number of amides is 2. The first-order chi connectivity index (χ1) is 19.4. The molecule has 1 heterocycles. The number of hydrazine groups is 1. The van der Waals surface area contributed by atoms with Crippen LogP contribution in [0.1, 0.15) is 12.5 Å². The van der Waals surface area contributed by atoms with Crippen LogP contribution in [-0.4, -0.2) is 75.5 Å². The first-order valence-corrected chi connectivity index (χ1v) is 13.7. The number of rotatable bonds is 14. The lowest BCUT2D eigenvalue weighted by Gasteiger charge is -2.31. The van der Waals surface area contributed by atoms with Crippen molar-refractivity contribution in [1.29, 1.82) is 0 Å². The number of phosphoric acid groups is 1. The maximum absolute atomic E-state index is 14.1. The molecule has 0 unspecified atom stereocenters. The van der Waals surface area contributed by atoms with Crippen LogP contribution in [0.2, 0.25) is 0 Å². The highest BCUT2D eigenvalue weighted by atomic mass is 31.2. The van der Waals surface area contributed by atoms with Crippen molar-refractivity contribution in [2.75, 3.05) is 31.7 Å². The molecular formula is C25H29F2N4O9P. The smallest absolute Gasteiger partial charge is 0.447 e. The third-order valence-electron chi connectivity index (χ3n) is 5.50. The lowest BCUT2D eigenvalue weighted by Crippen LogP contribution is -2.52. The fourth-order valence-electron chi connectivity index (χ4n) is 3.59. The fourth-order valence-corrected chi connectivity index (χ4v) is 3.95. The van der Waals surface area contributed by atoms with Gasteiger partial charge < -0.3 is 24.4 Å². The quantitative estimate of drug-likeness (QED) is 0.136. The molecule has 3 aromatic rings. The van der Waals surface area contributed by atoms with Gasteiger partial charge in [0, 0.05) is 30.6 Å². The number of aromatic nitrogens is 1. The van der Waals surface area contributed by atoms with Gasteiger partial charge in [-0.05, 0) is 17.5 Å². The Morgan fingerprint density at radius 3 is 2.49 bits per heavy atom. The van der Waals surface area contributed by atoms with Crippen molar-refractivity contribution >= 4 is 36.4 Å². The molecule has 2 atom stereocenters. The van der Waals surface area contributed by atoms with E-state index in [1.54, 1.807) is 12.3 Å². The summed E-state index contributed by atoms with van der Waals surface area (Å²) in [5, 5.41) is 15.0. The van der Waals surface area contributed by atoms with Crippen LogP contribution in [0.5, 0.6) is 0 Å². The number of phosphoric ester groups is 1. The molecule has 0 aliphatic rings. The van der Waals surface area contributed by atoms with Gasteiger partial charge in [-0.1, -0.05) is 36.4 Å². The molecule has 0 radical (unpaired) electrons. The SMILES string of the molecule is CC(=O)N(NCc1cccc(F)c1F)[C@@H](COC[C@H](O)COP(=O)(O)O)COC(=O)Nc1cc2ccccc2cn1. The fraction of sp³-hybridized carbons (Fsp3) is 0.320. The molecule has 0 saturated carbocycles. The number of pyridine rings is 1. The van der Waals surface area contributed by atoms with Crippen LogP contribution in [0.15, 0.2) is 54.7 Å². The van der Waals surface area contributed by atoms with Gasteiger partial charge in [-0.3, -0.25) is 19.6 Å². The van der Waals surface area contributed by atoms with Crippen LogP contribution in [0.3, 0.4) is 0 Å². The van der Waals surface area contributed by atoms with Crippen molar-refractivity contribution in [2.45, 2.75) is 25.6 Å². The highest BCUT2D eigenvalue weighted by molar-refractivity contribution is 7.46. The van der Waals surface area contributed by atoms with Gasteiger partial charge in [-0.15, -0.1) is 0 Å². The van der Waals surface area contributed by atoms with Gasteiger partial charge in [-0.2, -0.15) is 0 Å². The van der Waals surface area contributed by atoms with E-state index in [4.69, 9.17) is 19.3 Å². The van der Waals surface area contributed by atoms with E-state index in [1.807, 2.05) is 24.3 Å². The monoisotopic (exact) mass is 598 g/mol. The Bertz CT molecular complexity index is 1390. The summed E-state index contributed by atoms with van der Waals surface area (Å²) < 4.78 is 53.4. The summed E-state index contributed by atoms with van der Waals surface area (Å²) in [6, 6.07) is 11.5. The number of anilines is 1. The average Bonchev–Trinajstić information content (AvgIpc) is 2.91. The van der Waals surface area contributed by atoms with Crippen LogP contribution in [0.4, 0.5) is 19.4 Å². The topological polar surface area (TPSA) is 180 Å². The molecule has 1 aromatic heterocycles. The summed E-state index contributed by atoms with van der Waals surface area (Å²) in [6.45, 7) is -1.15. The second-order valence-electron chi connectivity index (χ2n) is 8.71. The predicted molar refractivity (Wildman–Crippen MR) is 141 cm³/mol. The third kappa shape index (κ3) is 10.4. The largest absolute Gasteiger partial charge is 0.469 e. The highest BCUT2D eigenvalue weighted by Gasteiger charge is 2.25. The van der Waals surface area contributed by atoms with Crippen LogP contribution in [0.25, 0.3) is 10.8 Å². The number of hydrogen-bond donors (Lipinski definition) is 5. The summed E-state index contributed by atoms with van der Waals surface area (Å²) in [5.41, 5.74) is 2.58. The van der Waals surface area contributed by atoms with Gasteiger partial charge >= 0.3 is 13.9 Å². The molecule has 3 rings (SSSR count). The van der Waals surface area contributed by atoms with Crippen LogP contribution in [-0.2, 0) is 29.9 Å². The minimum Gasteiger partial charge on any atom is -0.447 e.